The van der Waals surface area contributed by atoms with Gasteiger partial charge in [-0.1, -0.05) is 5.16 Å². The van der Waals surface area contributed by atoms with Gasteiger partial charge in [0.1, 0.15) is 0 Å². The van der Waals surface area contributed by atoms with Crippen LogP contribution in [0.1, 0.15) is 36.3 Å². The van der Waals surface area contributed by atoms with Gasteiger partial charge in [-0.05, 0) is 25.5 Å². The van der Waals surface area contributed by atoms with Crippen LogP contribution in [-0.4, -0.2) is 31.8 Å². The molecule has 1 fully saturated rings. The minimum absolute atomic E-state index is 0.399. The predicted molar refractivity (Wildman–Crippen MR) is 60.0 cm³/mol. The van der Waals surface area contributed by atoms with Gasteiger partial charge < -0.3 is 4.52 Å². The fraction of sp³-hybridized carbons (Fsp3) is 0.545. The van der Waals surface area contributed by atoms with Crippen molar-refractivity contribution in [1.82, 2.24) is 25.2 Å². The van der Waals surface area contributed by atoms with Gasteiger partial charge in [0, 0.05) is 13.1 Å². The number of hydrogen-bond acceptors (Lipinski definition) is 5. The van der Waals surface area contributed by atoms with Crippen molar-refractivity contribution in [3.63, 3.8) is 0 Å². The van der Waals surface area contributed by atoms with Gasteiger partial charge in [-0.25, -0.2) is 0 Å². The van der Waals surface area contributed by atoms with Crippen molar-refractivity contribution >= 4 is 0 Å². The summed E-state index contributed by atoms with van der Waals surface area (Å²) in [5.74, 6) is 1.38. The molecule has 90 valence electrons. The average molecular weight is 233 g/mol. The third-order valence-electron chi connectivity index (χ3n) is 3.16. The minimum atomic E-state index is 0.399. The molecule has 0 radical (unpaired) electrons. The van der Waals surface area contributed by atoms with Gasteiger partial charge in [-0.15, -0.1) is 0 Å². The highest BCUT2D eigenvalue weighted by Gasteiger charge is 2.27. The minimum Gasteiger partial charge on any atom is -0.340 e. The Morgan fingerprint density at radius 1 is 1.59 bits per heavy atom. The first-order valence-corrected chi connectivity index (χ1v) is 5.85. The van der Waals surface area contributed by atoms with E-state index < -0.39 is 0 Å². The van der Waals surface area contributed by atoms with Crippen LogP contribution in [0, 0.1) is 6.92 Å². The maximum atomic E-state index is 4.99. The van der Waals surface area contributed by atoms with E-state index in [2.05, 4.69) is 25.2 Å². The molecule has 1 saturated heterocycles. The number of hydrogen-bond donors (Lipinski definition) is 1. The maximum absolute atomic E-state index is 4.99. The van der Waals surface area contributed by atoms with Crippen molar-refractivity contribution in [3.05, 3.63) is 29.7 Å². The van der Waals surface area contributed by atoms with Gasteiger partial charge in [0.25, 0.3) is 0 Å². The van der Waals surface area contributed by atoms with Gasteiger partial charge in [0.15, 0.2) is 5.82 Å². The zero-order valence-corrected chi connectivity index (χ0v) is 9.76. The number of rotatable bonds is 3. The van der Waals surface area contributed by atoms with Crippen molar-refractivity contribution in [2.24, 2.45) is 0 Å². The molecule has 0 amide bonds. The van der Waals surface area contributed by atoms with Gasteiger partial charge in [0.2, 0.25) is 5.89 Å². The molecule has 1 unspecified atom stereocenters. The first-order chi connectivity index (χ1) is 8.33. The van der Waals surface area contributed by atoms with Gasteiger partial charge in [-0.2, -0.15) is 10.1 Å². The van der Waals surface area contributed by atoms with E-state index in [0.29, 0.717) is 11.9 Å². The van der Waals surface area contributed by atoms with E-state index in [1.54, 1.807) is 6.20 Å². The summed E-state index contributed by atoms with van der Waals surface area (Å²) >= 11 is 0. The first kappa shape index (κ1) is 10.5. The fourth-order valence-electron chi connectivity index (χ4n) is 2.41. The van der Waals surface area contributed by atoms with Crippen molar-refractivity contribution in [3.8, 4) is 0 Å². The summed E-state index contributed by atoms with van der Waals surface area (Å²) in [7, 11) is 0. The standard InChI is InChI=1S/C11H15N5O/c1-8-13-11(15-17-8)7-16-6-2-3-10(16)9-4-5-12-14-9/h4-5,10H,2-3,6-7H2,1H3,(H,12,14). The first-order valence-electron chi connectivity index (χ1n) is 5.85. The van der Waals surface area contributed by atoms with E-state index in [9.17, 15) is 0 Å². The Kier molecular flexibility index (Phi) is 2.64. The molecule has 1 N–H and O–H groups in total. The van der Waals surface area contributed by atoms with Crippen molar-refractivity contribution < 1.29 is 4.52 Å². The van der Waals surface area contributed by atoms with Crippen LogP contribution in [0.4, 0.5) is 0 Å². The lowest BCUT2D eigenvalue weighted by atomic mass is 10.1. The Morgan fingerprint density at radius 3 is 3.24 bits per heavy atom. The molecule has 6 nitrogen and oxygen atoms in total. The smallest absolute Gasteiger partial charge is 0.223 e. The van der Waals surface area contributed by atoms with Crippen LogP contribution in [0.25, 0.3) is 0 Å². The van der Waals surface area contributed by atoms with Crippen molar-refractivity contribution in [2.45, 2.75) is 32.4 Å². The fourth-order valence-corrected chi connectivity index (χ4v) is 2.41. The largest absolute Gasteiger partial charge is 0.340 e. The number of nitrogens with zero attached hydrogens (tertiary/aromatic N) is 4. The lowest BCUT2D eigenvalue weighted by Gasteiger charge is -2.21. The van der Waals surface area contributed by atoms with Crippen LogP contribution in [0.3, 0.4) is 0 Å². The van der Waals surface area contributed by atoms with E-state index in [1.807, 2.05) is 13.0 Å². The quantitative estimate of drug-likeness (QED) is 0.868. The molecule has 1 aliphatic rings. The zero-order valence-electron chi connectivity index (χ0n) is 9.76. The second-order valence-electron chi connectivity index (χ2n) is 4.37. The van der Waals surface area contributed by atoms with E-state index in [1.165, 1.54) is 12.1 Å². The average Bonchev–Trinajstić information content (AvgIpc) is 3.00. The number of H-pyrrole nitrogens is 1. The number of aryl methyl sites for hydroxylation is 1. The van der Waals surface area contributed by atoms with E-state index >= 15 is 0 Å². The molecular formula is C11H15N5O. The molecule has 0 aromatic carbocycles. The molecule has 3 rings (SSSR count). The third-order valence-corrected chi connectivity index (χ3v) is 3.16. The highest BCUT2D eigenvalue weighted by atomic mass is 16.5. The maximum Gasteiger partial charge on any atom is 0.223 e. The van der Waals surface area contributed by atoms with Gasteiger partial charge in [0.05, 0.1) is 18.3 Å². The summed E-state index contributed by atoms with van der Waals surface area (Å²) in [4.78, 5) is 6.60. The monoisotopic (exact) mass is 233 g/mol. The molecule has 3 heterocycles. The third kappa shape index (κ3) is 2.08. The van der Waals surface area contributed by atoms with Crippen LogP contribution >= 0.6 is 0 Å². The Hall–Kier alpha value is -1.69. The number of likely N-dealkylation sites (tertiary alicyclic amines) is 1. The molecule has 17 heavy (non-hydrogen) atoms. The predicted octanol–water partition coefficient (Wildman–Crippen LogP) is 1.44. The molecular weight excluding hydrogens is 218 g/mol. The molecule has 6 heteroatoms. The van der Waals surface area contributed by atoms with Gasteiger partial charge >= 0.3 is 0 Å². The number of nitrogens with one attached hydrogen (secondary N) is 1. The topological polar surface area (TPSA) is 70.8 Å². The van der Waals surface area contributed by atoms with Crippen molar-refractivity contribution in [2.75, 3.05) is 6.54 Å². The van der Waals surface area contributed by atoms with Crippen LogP contribution < -0.4 is 0 Å². The summed E-state index contributed by atoms with van der Waals surface area (Å²) in [6.45, 7) is 3.62. The van der Waals surface area contributed by atoms with Crippen molar-refractivity contribution in [1.29, 1.82) is 0 Å². The molecule has 0 aliphatic carbocycles. The molecule has 0 spiro atoms. The highest BCUT2D eigenvalue weighted by molar-refractivity contribution is 5.07. The molecule has 1 aliphatic heterocycles. The Balaban J connectivity index is 1.74. The Bertz CT molecular complexity index is 478. The molecule has 0 bridgehead atoms. The summed E-state index contributed by atoms with van der Waals surface area (Å²) < 4.78 is 4.99. The lowest BCUT2D eigenvalue weighted by molar-refractivity contribution is 0.234. The van der Waals surface area contributed by atoms with Crippen LogP contribution in [0.15, 0.2) is 16.8 Å². The number of aromatic amines is 1. The second-order valence-corrected chi connectivity index (χ2v) is 4.37. The summed E-state index contributed by atoms with van der Waals surface area (Å²) in [5.41, 5.74) is 1.17. The van der Waals surface area contributed by atoms with E-state index in [-0.39, 0.29) is 0 Å². The number of aromatic nitrogens is 4. The van der Waals surface area contributed by atoms with Crippen LogP contribution in [-0.2, 0) is 6.54 Å². The SMILES string of the molecule is Cc1nc(CN2CCCC2c2ccn[nH]2)no1. The normalized spacial score (nSPS) is 21.1. The van der Waals surface area contributed by atoms with Crippen LogP contribution in [0.5, 0.6) is 0 Å². The molecule has 2 aromatic heterocycles. The lowest BCUT2D eigenvalue weighted by Crippen LogP contribution is -2.23. The van der Waals surface area contributed by atoms with E-state index in [4.69, 9.17) is 4.52 Å². The summed E-state index contributed by atoms with van der Waals surface area (Å²) in [6, 6.07) is 2.43. The molecule has 2 aromatic rings. The zero-order chi connectivity index (χ0) is 11.7. The van der Waals surface area contributed by atoms with E-state index in [0.717, 1.165) is 25.3 Å². The second kappa shape index (κ2) is 4.29. The molecule has 0 saturated carbocycles. The summed E-state index contributed by atoms with van der Waals surface area (Å²) in [5, 5.41) is 11.0. The summed E-state index contributed by atoms with van der Waals surface area (Å²) in [6.07, 6.45) is 4.14. The Morgan fingerprint density at radius 2 is 2.53 bits per heavy atom. The van der Waals surface area contributed by atoms with Crippen LogP contribution in [0.2, 0.25) is 0 Å². The highest BCUT2D eigenvalue weighted by Crippen LogP contribution is 2.31. The molecule has 1 atom stereocenters. The Labute approximate surface area is 99.0 Å². The van der Waals surface area contributed by atoms with Gasteiger partial charge in [-0.3, -0.25) is 10.00 Å².